The fraction of sp³-hybridized carbons (Fsp3) is 0. The number of thiazole rings is 1. The number of carbonyl (C=O) groups excluding carboxylic acids is 1. The number of hydrogen-bond acceptors (Lipinski definition) is 3. The van der Waals surface area contributed by atoms with E-state index in [0.29, 0.717) is 27.1 Å². The maximum Gasteiger partial charge on any atom is 0.256 e. The van der Waals surface area contributed by atoms with E-state index in [1.54, 1.807) is 18.2 Å². The van der Waals surface area contributed by atoms with Gasteiger partial charge in [0.05, 0.1) is 17.0 Å². The smallest absolute Gasteiger partial charge is 0.256 e. The van der Waals surface area contributed by atoms with Crippen molar-refractivity contribution < 1.29 is 4.79 Å². The minimum atomic E-state index is -0.173. The first kappa shape index (κ1) is 12.9. The molecule has 2 aromatic heterocycles. The first-order chi connectivity index (χ1) is 10.1. The molecule has 0 saturated heterocycles. The summed E-state index contributed by atoms with van der Waals surface area (Å²) in [6, 6.07) is 5.31. The van der Waals surface area contributed by atoms with Crippen LogP contribution in [0.15, 0.2) is 29.8 Å². The van der Waals surface area contributed by atoms with Crippen molar-refractivity contribution in [2.75, 3.05) is 5.32 Å². The van der Waals surface area contributed by atoms with Crippen molar-refractivity contribution in [3.8, 4) is 0 Å². The van der Waals surface area contributed by atoms with Crippen molar-refractivity contribution in [2.45, 2.75) is 0 Å². The number of anilines is 1. The fourth-order valence-electron chi connectivity index (χ4n) is 2.35. The van der Waals surface area contributed by atoms with Crippen LogP contribution in [0.5, 0.6) is 0 Å². The molecule has 0 atom stereocenters. The monoisotopic (exact) mass is 335 g/mol. The predicted octanol–water partition coefficient (Wildman–Crippen LogP) is 4.20. The number of rotatable bonds is 1. The van der Waals surface area contributed by atoms with E-state index in [1.165, 1.54) is 11.3 Å². The SMILES string of the molecule is O=C1Nc2cc(Cl)ccc2/C1=C/c1c(Cl)nc2sccn12. The Balaban J connectivity index is 1.92. The number of halogens is 2. The highest BCUT2D eigenvalue weighted by molar-refractivity contribution is 7.15. The molecule has 0 saturated carbocycles. The zero-order valence-electron chi connectivity index (χ0n) is 10.4. The Morgan fingerprint density at radius 3 is 3.05 bits per heavy atom. The molecular formula is C14H7Cl2N3OS. The average molecular weight is 336 g/mol. The van der Waals surface area contributed by atoms with Crippen molar-refractivity contribution in [1.29, 1.82) is 0 Å². The molecule has 1 amide bonds. The number of nitrogens with zero attached hydrogens (tertiary/aromatic N) is 2. The van der Waals surface area contributed by atoms with Gasteiger partial charge < -0.3 is 5.32 Å². The molecule has 0 aliphatic carbocycles. The molecule has 0 bridgehead atoms. The Morgan fingerprint density at radius 2 is 2.19 bits per heavy atom. The average Bonchev–Trinajstić information content (AvgIpc) is 3.06. The summed E-state index contributed by atoms with van der Waals surface area (Å²) in [5.41, 5.74) is 2.77. The van der Waals surface area contributed by atoms with Gasteiger partial charge in [0.25, 0.3) is 5.91 Å². The largest absolute Gasteiger partial charge is 0.321 e. The van der Waals surface area contributed by atoms with Gasteiger partial charge in [-0.05, 0) is 18.2 Å². The van der Waals surface area contributed by atoms with E-state index in [1.807, 2.05) is 22.0 Å². The second-order valence-electron chi connectivity index (χ2n) is 4.55. The molecule has 3 heterocycles. The van der Waals surface area contributed by atoms with E-state index >= 15 is 0 Å². The lowest BCUT2D eigenvalue weighted by Gasteiger charge is -1.99. The van der Waals surface area contributed by atoms with Gasteiger partial charge in [0.2, 0.25) is 0 Å². The number of imidazole rings is 1. The molecule has 1 N–H and O–H groups in total. The fourth-order valence-corrected chi connectivity index (χ4v) is 3.52. The van der Waals surface area contributed by atoms with E-state index in [-0.39, 0.29) is 5.91 Å². The maximum atomic E-state index is 12.2. The number of amides is 1. The zero-order chi connectivity index (χ0) is 14.6. The normalized spacial score (nSPS) is 15.7. The van der Waals surface area contributed by atoms with Gasteiger partial charge in [0.1, 0.15) is 0 Å². The van der Waals surface area contributed by atoms with Gasteiger partial charge in [-0.1, -0.05) is 29.3 Å². The molecule has 7 heteroatoms. The van der Waals surface area contributed by atoms with E-state index in [4.69, 9.17) is 23.2 Å². The summed E-state index contributed by atoms with van der Waals surface area (Å²) >= 11 is 13.6. The Bertz CT molecular complexity index is 926. The maximum absolute atomic E-state index is 12.2. The molecule has 0 radical (unpaired) electrons. The van der Waals surface area contributed by atoms with Crippen LogP contribution >= 0.6 is 34.5 Å². The molecule has 3 aromatic rings. The molecule has 0 unspecified atom stereocenters. The molecule has 21 heavy (non-hydrogen) atoms. The van der Waals surface area contributed by atoms with Crippen LogP contribution in [0.25, 0.3) is 16.6 Å². The van der Waals surface area contributed by atoms with Crippen LogP contribution in [-0.2, 0) is 4.79 Å². The zero-order valence-corrected chi connectivity index (χ0v) is 12.8. The van der Waals surface area contributed by atoms with Crippen LogP contribution in [0.1, 0.15) is 11.3 Å². The Hall–Kier alpha value is -1.82. The third-order valence-electron chi connectivity index (χ3n) is 3.30. The number of nitrogens with one attached hydrogen (secondary N) is 1. The molecule has 1 aromatic carbocycles. The van der Waals surface area contributed by atoms with Gasteiger partial charge in [-0.15, -0.1) is 11.3 Å². The van der Waals surface area contributed by atoms with Crippen molar-refractivity contribution in [3.63, 3.8) is 0 Å². The summed E-state index contributed by atoms with van der Waals surface area (Å²) < 4.78 is 1.86. The van der Waals surface area contributed by atoms with Crippen LogP contribution in [0.2, 0.25) is 10.2 Å². The molecule has 1 aliphatic rings. The minimum Gasteiger partial charge on any atom is -0.321 e. The summed E-state index contributed by atoms with van der Waals surface area (Å²) in [5.74, 6) is -0.173. The number of benzene rings is 1. The Labute approximate surface area is 133 Å². The summed E-state index contributed by atoms with van der Waals surface area (Å²) in [6.45, 7) is 0. The van der Waals surface area contributed by atoms with E-state index in [9.17, 15) is 4.79 Å². The highest BCUT2D eigenvalue weighted by atomic mass is 35.5. The first-order valence-corrected chi connectivity index (χ1v) is 7.71. The number of aromatic nitrogens is 2. The first-order valence-electron chi connectivity index (χ1n) is 6.07. The summed E-state index contributed by atoms with van der Waals surface area (Å²) in [6.07, 6.45) is 3.63. The molecular weight excluding hydrogens is 329 g/mol. The summed E-state index contributed by atoms with van der Waals surface area (Å²) in [5, 5.41) is 5.68. The molecule has 4 rings (SSSR count). The van der Waals surface area contributed by atoms with Gasteiger partial charge >= 0.3 is 0 Å². The molecule has 104 valence electrons. The van der Waals surface area contributed by atoms with Crippen LogP contribution < -0.4 is 5.32 Å². The minimum absolute atomic E-state index is 0.173. The van der Waals surface area contributed by atoms with Gasteiger partial charge in [-0.25, -0.2) is 4.98 Å². The van der Waals surface area contributed by atoms with Crippen LogP contribution in [0, 0.1) is 0 Å². The van der Waals surface area contributed by atoms with Crippen molar-refractivity contribution in [3.05, 3.63) is 51.2 Å². The van der Waals surface area contributed by atoms with Crippen LogP contribution in [0.3, 0.4) is 0 Å². The molecule has 0 spiro atoms. The molecule has 0 fully saturated rings. The summed E-state index contributed by atoms with van der Waals surface area (Å²) in [7, 11) is 0. The third-order valence-corrected chi connectivity index (χ3v) is 4.57. The van der Waals surface area contributed by atoms with Crippen LogP contribution in [0.4, 0.5) is 5.69 Å². The van der Waals surface area contributed by atoms with Crippen molar-refractivity contribution in [2.24, 2.45) is 0 Å². The number of fused-ring (bicyclic) bond motifs is 2. The van der Waals surface area contributed by atoms with Crippen molar-refractivity contribution in [1.82, 2.24) is 9.38 Å². The van der Waals surface area contributed by atoms with Gasteiger partial charge in [-0.2, -0.15) is 0 Å². The quantitative estimate of drug-likeness (QED) is 0.677. The third kappa shape index (κ3) is 1.97. The lowest BCUT2D eigenvalue weighted by Crippen LogP contribution is -2.03. The lowest BCUT2D eigenvalue weighted by atomic mass is 10.1. The highest BCUT2D eigenvalue weighted by Gasteiger charge is 2.25. The number of carbonyl (C=O) groups is 1. The Kier molecular flexibility index (Phi) is 2.82. The predicted molar refractivity (Wildman–Crippen MR) is 86.0 cm³/mol. The molecule has 4 nitrogen and oxygen atoms in total. The van der Waals surface area contributed by atoms with E-state index < -0.39 is 0 Å². The lowest BCUT2D eigenvalue weighted by molar-refractivity contribution is -0.110. The second kappa shape index (κ2) is 4.59. The van der Waals surface area contributed by atoms with Crippen molar-refractivity contribution >= 4 is 62.7 Å². The highest BCUT2D eigenvalue weighted by Crippen LogP contribution is 2.36. The summed E-state index contributed by atoms with van der Waals surface area (Å²) in [4.78, 5) is 17.2. The Morgan fingerprint density at radius 1 is 1.33 bits per heavy atom. The number of hydrogen-bond donors (Lipinski definition) is 1. The van der Waals surface area contributed by atoms with Gasteiger partial charge in [0.15, 0.2) is 10.1 Å². The van der Waals surface area contributed by atoms with E-state index in [0.717, 1.165) is 10.5 Å². The van der Waals surface area contributed by atoms with E-state index in [2.05, 4.69) is 10.3 Å². The topological polar surface area (TPSA) is 46.4 Å². The van der Waals surface area contributed by atoms with Crippen LogP contribution in [-0.4, -0.2) is 15.3 Å². The standard InChI is InChI=1S/C14H7Cl2N3OS/c15-7-1-2-8-9(13(20)17-10(8)5-7)6-11-12(16)18-14-19(11)3-4-21-14/h1-6H,(H,17,20)/b9-6-. The second-order valence-corrected chi connectivity index (χ2v) is 6.21. The molecule has 1 aliphatic heterocycles. The van der Waals surface area contributed by atoms with Gasteiger partial charge in [-0.3, -0.25) is 9.20 Å². The van der Waals surface area contributed by atoms with Gasteiger partial charge in [0, 0.05) is 22.2 Å².